The summed E-state index contributed by atoms with van der Waals surface area (Å²) in [6, 6.07) is 0. The molecule has 0 radical (unpaired) electrons. The standard InChI is InChI=1S/C8H3ClF2IN3/c9-8-14-1-3-5(15-8)4(12)2-13-6(3)7(10)11/h1-2,7H. The zero-order valence-electron chi connectivity index (χ0n) is 7.09. The fourth-order valence-electron chi connectivity index (χ4n) is 1.16. The Morgan fingerprint density at radius 1 is 1.27 bits per heavy atom. The van der Waals surface area contributed by atoms with Gasteiger partial charge in [-0.1, -0.05) is 0 Å². The van der Waals surface area contributed by atoms with Crippen LogP contribution in [-0.2, 0) is 0 Å². The van der Waals surface area contributed by atoms with E-state index in [0.29, 0.717) is 9.09 Å². The molecule has 0 unspecified atom stereocenters. The molecule has 0 aromatic carbocycles. The molecule has 0 aliphatic carbocycles. The summed E-state index contributed by atoms with van der Waals surface area (Å²) in [6.07, 6.45) is -0.0380. The number of halogens is 4. The summed E-state index contributed by atoms with van der Waals surface area (Å²) in [5, 5.41) is 0.271. The molecule has 15 heavy (non-hydrogen) atoms. The van der Waals surface area contributed by atoms with Crippen molar-refractivity contribution in [3.05, 3.63) is 26.9 Å². The van der Waals surface area contributed by atoms with Crippen LogP contribution in [0.1, 0.15) is 12.1 Å². The van der Waals surface area contributed by atoms with Gasteiger partial charge in [0, 0.05) is 17.8 Å². The third kappa shape index (κ3) is 2.00. The number of hydrogen-bond acceptors (Lipinski definition) is 3. The highest BCUT2D eigenvalue weighted by atomic mass is 127. The van der Waals surface area contributed by atoms with Gasteiger partial charge in [0.1, 0.15) is 5.69 Å². The summed E-state index contributed by atoms with van der Waals surface area (Å²) >= 11 is 7.55. The average molecular weight is 341 g/mol. The maximum absolute atomic E-state index is 12.6. The van der Waals surface area contributed by atoms with E-state index in [2.05, 4.69) is 15.0 Å². The van der Waals surface area contributed by atoms with Gasteiger partial charge in [0.2, 0.25) is 5.28 Å². The predicted molar refractivity (Wildman–Crippen MR) is 60.0 cm³/mol. The molecule has 0 fully saturated rings. The SMILES string of the molecule is FC(F)c1ncc(I)c2nc(Cl)ncc12. The van der Waals surface area contributed by atoms with Gasteiger partial charge in [0.15, 0.2) is 0 Å². The molecule has 0 saturated heterocycles. The Morgan fingerprint density at radius 3 is 2.67 bits per heavy atom. The fourth-order valence-corrected chi connectivity index (χ4v) is 1.84. The third-order valence-corrected chi connectivity index (χ3v) is 2.76. The molecule has 0 N–H and O–H groups in total. The van der Waals surface area contributed by atoms with Gasteiger partial charge in [0.05, 0.1) is 9.09 Å². The van der Waals surface area contributed by atoms with Crippen molar-refractivity contribution < 1.29 is 8.78 Å². The number of aromatic nitrogens is 3. The van der Waals surface area contributed by atoms with Crippen LogP contribution < -0.4 is 0 Å². The van der Waals surface area contributed by atoms with Crippen molar-refractivity contribution in [3.63, 3.8) is 0 Å². The molecule has 0 spiro atoms. The van der Waals surface area contributed by atoms with Gasteiger partial charge in [-0.25, -0.2) is 18.7 Å². The van der Waals surface area contributed by atoms with Crippen LogP contribution in [0.2, 0.25) is 5.28 Å². The number of hydrogen-bond donors (Lipinski definition) is 0. The molecule has 2 rings (SSSR count). The van der Waals surface area contributed by atoms with Crippen molar-refractivity contribution in [2.45, 2.75) is 6.43 Å². The molecule has 3 nitrogen and oxygen atoms in total. The molecule has 78 valence electrons. The average Bonchev–Trinajstić information content (AvgIpc) is 2.19. The fraction of sp³-hybridized carbons (Fsp3) is 0.125. The summed E-state index contributed by atoms with van der Waals surface area (Å²) in [6.45, 7) is 0. The Kier molecular flexibility index (Phi) is 2.96. The zero-order chi connectivity index (χ0) is 11.0. The lowest BCUT2D eigenvalue weighted by Crippen LogP contribution is -1.96. The molecule has 0 bridgehead atoms. The molecular weight excluding hydrogens is 338 g/mol. The molecule has 2 aromatic rings. The number of fused-ring (bicyclic) bond motifs is 1. The second-order valence-corrected chi connectivity index (χ2v) is 4.19. The van der Waals surface area contributed by atoms with Crippen LogP contribution in [0.15, 0.2) is 12.4 Å². The first kappa shape index (κ1) is 10.9. The monoisotopic (exact) mass is 341 g/mol. The molecular formula is C8H3ClF2IN3. The number of alkyl halides is 2. The molecule has 7 heteroatoms. The lowest BCUT2D eigenvalue weighted by atomic mass is 10.2. The quantitative estimate of drug-likeness (QED) is 0.590. The largest absolute Gasteiger partial charge is 0.281 e. The Morgan fingerprint density at radius 2 is 2.00 bits per heavy atom. The van der Waals surface area contributed by atoms with E-state index < -0.39 is 6.43 Å². The van der Waals surface area contributed by atoms with Crippen LogP contribution in [0.5, 0.6) is 0 Å². The first-order chi connectivity index (χ1) is 7.09. The Hall–Kier alpha value is -0.630. The van der Waals surface area contributed by atoms with E-state index in [0.717, 1.165) is 0 Å². The molecule has 0 amide bonds. The van der Waals surface area contributed by atoms with Crippen molar-refractivity contribution in [1.29, 1.82) is 0 Å². The molecule has 0 saturated carbocycles. The van der Waals surface area contributed by atoms with Gasteiger partial charge in [-0.3, -0.25) is 4.98 Å². The normalized spacial score (nSPS) is 11.3. The molecule has 0 aliphatic heterocycles. The van der Waals surface area contributed by atoms with Crippen LogP contribution >= 0.6 is 34.2 Å². The van der Waals surface area contributed by atoms with Crippen molar-refractivity contribution in [2.24, 2.45) is 0 Å². The topological polar surface area (TPSA) is 38.7 Å². The summed E-state index contributed by atoms with van der Waals surface area (Å²) in [5.74, 6) is 0. The van der Waals surface area contributed by atoms with Gasteiger partial charge < -0.3 is 0 Å². The lowest BCUT2D eigenvalue weighted by Gasteiger charge is -2.04. The lowest BCUT2D eigenvalue weighted by molar-refractivity contribution is 0.148. The smallest absolute Gasteiger partial charge is 0.253 e. The van der Waals surface area contributed by atoms with E-state index in [9.17, 15) is 8.78 Å². The van der Waals surface area contributed by atoms with E-state index >= 15 is 0 Å². The molecule has 0 aliphatic rings. The minimum Gasteiger partial charge on any atom is -0.253 e. The van der Waals surface area contributed by atoms with E-state index in [1.54, 1.807) is 0 Å². The maximum Gasteiger partial charge on any atom is 0.281 e. The number of pyridine rings is 1. The van der Waals surface area contributed by atoms with Crippen LogP contribution in [0.25, 0.3) is 10.9 Å². The second-order valence-electron chi connectivity index (χ2n) is 2.69. The molecule has 0 atom stereocenters. The van der Waals surface area contributed by atoms with E-state index in [1.165, 1.54) is 12.4 Å². The van der Waals surface area contributed by atoms with Gasteiger partial charge in [-0.15, -0.1) is 0 Å². The number of nitrogens with zero attached hydrogens (tertiary/aromatic N) is 3. The van der Waals surface area contributed by atoms with E-state index in [1.807, 2.05) is 22.6 Å². The summed E-state index contributed by atoms with van der Waals surface area (Å²) in [7, 11) is 0. The van der Waals surface area contributed by atoms with Gasteiger partial charge in [0.25, 0.3) is 6.43 Å². The highest BCUT2D eigenvalue weighted by Gasteiger charge is 2.16. The first-order valence-corrected chi connectivity index (χ1v) is 5.30. The third-order valence-electron chi connectivity index (χ3n) is 1.79. The minimum absolute atomic E-state index is 0.0341. The highest BCUT2D eigenvalue weighted by Crippen LogP contribution is 2.27. The van der Waals surface area contributed by atoms with Crippen LogP contribution in [0.3, 0.4) is 0 Å². The van der Waals surface area contributed by atoms with Gasteiger partial charge in [-0.2, -0.15) is 0 Å². The summed E-state index contributed by atoms with van der Waals surface area (Å²) < 4.78 is 25.8. The maximum atomic E-state index is 12.6. The first-order valence-electron chi connectivity index (χ1n) is 3.84. The predicted octanol–water partition coefficient (Wildman–Crippen LogP) is 3.22. The molecule has 2 heterocycles. The summed E-state index contributed by atoms with van der Waals surface area (Å²) in [5.41, 5.74) is 0.0861. The van der Waals surface area contributed by atoms with E-state index in [-0.39, 0.29) is 16.4 Å². The second kappa shape index (κ2) is 4.09. The molecule has 2 aromatic heterocycles. The Balaban J connectivity index is 2.82. The minimum atomic E-state index is -2.64. The van der Waals surface area contributed by atoms with Crippen LogP contribution in [-0.4, -0.2) is 15.0 Å². The highest BCUT2D eigenvalue weighted by molar-refractivity contribution is 14.1. The van der Waals surface area contributed by atoms with Crippen molar-refractivity contribution in [3.8, 4) is 0 Å². The van der Waals surface area contributed by atoms with Crippen LogP contribution in [0, 0.1) is 3.57 Å². The van der Waals surface area contributed by atoms with Crippen molar-refractivity contribution >= 4 is 45.1 Å². The van der Waals surface area contributed by atoms with Crippen molar-refractivity contribution in [2.75, 3.05) is 0 Å². The Bertz CT molecular complexity index is 520. The van der Waals surface area contributed by atoms with Gasteiger partial charge in [-0.05, 0) is 34.2 Å². The number of rotatable bonds is 1. The van der Waals surface area contributed by atoms with Crippen molar-refractivity contribution in [1.82, 2.24) is 15.0 Å². The summed E-state index contributed by atoms with van der Waals surface area (Å²) in [4.78, 5) is 11.2. The van der Waals surface area contributed by atoms with Crippen LogP contribution in [0.4, 0.5) is 8.78 Å². The van der Waals surface area contributed by atoms with Gasteiger partial charge >= 0.3 is 0 Å². The zero-order valence-corrected chi connectivity index (χ0v) is 10.00. The van der Waals surface area contributed by atoms with E-state index in [4.69, 9.17) is 11.6 Å². The Labute approximate surface area is 102 Å².